The fraction of sp³-hybridized carbons (Fsp3) is 1.00. The summed E-state index contributed by atoms with van der Waals surface area (Å²) in [7, 11) is 29.7. The van der Waals surface area contributed by atoms with Crippen LogP contribution in [0.1, 0.15) is 0 Å². The number of ether oxygens (including phenoxy) is 34. The van der Waals surface area contributed by atoms with Crippen molar-refractivity contribution < 1.29 is 161 Å². The van der Waals surface area contributed by atoms with E-state index in [4.69, 9.17) is 161 Å². The van der Waals surface area contributed by atoms with Crippen LogP contribution >= 0.6 is 0 Å². The zero-order valence-corrected chi connectivity index (χ0v) is 60.4. The van der Waals surface area contributed by atoms with Gasteiger partial charge in [-0.3, -0.25) is 0 Å². The number of azide groups is 1. The van der Waals surface area contributed by atoms with Gasteiger partial charge in [0.15, 0.2) is 44.0 Å². The summed E-state index contributed by atoms with van der Waals surface area (Å²) in [5, 5.41) is 4.22. The standard InChI is InChI=1S/C62H109N3O34/c1-66-21-28-36-43(73-8)35(64-65-63)56(86-28)93-37-29(22-67-2)87-58(50(80-15)44(37)74-9)95-39-31(24-69-4)89-60(52(82-17)46(39)76-11)97-41-33(26-71-6)91-62(54(84-19)48(41)78-13)99-42-34(27-72-7)92-61(55(85-20)49(42)79-14)98-40-32(25-70-5)90-59(53(83-18)47(40)77-12)96-38-30(23-68-3)88-57(94-36)51(81-16)45(38)75-10/h28-62H,21-27H2,1-20H3/t28-,29+,30-,31+,32-,33+,34-,35-,36+,37+,38+,39+,40+,41+,42+,43+,44+,45-,46-,47-,48-,49-,50-,51+,52-,53+,54+,55+,56+,57+,58+,59+,60+,61+,62+/m0/s1. The van der Waals surface area contributed by atoms with Gasteiger partial charge in [0.25, 0.3) is 0 Å². The van der Waals surface area contributed by atoms with E-state index in [9.17, 15) is 5.53 Å². The third kappa shape index (κ3) is 18.2. The van der Waals surface area contributed by atoms with Crippen LogP contribution in [0.25, 0.3) is 10.4 Å². The predicted octanol–water partition coefficient (Wildman–Crippen LogP) is -0.831. The molecule has 0 amide bonds. The van der Waals surface area contributed by atoms with Gasteiger partial charge < -0.3 is 161 Å². The van der Waals surface area contributed by atoms with Gasteiger partial charge in [-0.25, -0.2) is 0 Å². The SMILES string of the molecule is COC[C@@H]1O[C@@H]2O[C@H]3[C@H](OC)[C@@H](OC)[C@@H](O[C@H]4[C@H](OC)[C@H](N=[N+]=[N-])[C@@H](O[C@H]5[C@@H](OC)[C@H](OC)[C@@H](O[C@H]6[C@H](OC)[C@H](OC)[C@@H](O[C@H]7[C@H](OC)[C@@H](OC)[C@@H](O[C@H]8[C@H](OC)[C@@H](OC)[C@@H](O[C@H]1[C@H](OC)[C@H]2OC)O[C@H]8COC)O[C@@H]7COC)O[C@@H]6COC)O[C@@H]5COC)O[C@H]4COC)O[C@H]3COC. The van der Waals surface area contributed by atoms with E-state index in [2.05, 4.69) is 10.0 Å². The summed E-state index contributed by atoms with van der Waals surface area (Å²) in [6, 6.07) is -1.29. The maximum atomic E-state index is 10.3. The molecule has 21 heterocycles. The summed E-state index contributed by atoms with van der Waals surface area (Å²) in [6.07, 6.45) is -36.6. The largest absolute Gasteiger partial charge is 0.382 e. The van der Waals surface area contributed by atoms with Gasteiger partial charge in [-0.05, 0) is 5.53 Å². The normalized spacial score (nSPS) is 45.6. The monoisotopic (exact) mass is 1440 g/mol. The molecule has 21 aliphatic rings. The molecule has 0 aromatic heterocycles. The Balaban J connectivity index is 1.24. The topological polar surface area (TPSA) is 363 Å². The highest BCUT2D eigenvalue weighted by Gasteiger charge is 2.62. The van der Waals surface area contributed by atoms with E-state index < -0.39 is 215 Å². The Morgan fingerprint density at radius 2 is 0.364 bits per heavy atom. The maximum Gasteiger partial charge on any atom is 0.187 e. The van der Waals surface area contributed by atoms with E-state index in [1.54, 1.807) is 0 Å². The van der Waals surface area contributed by atoms with E-state index in [0.29, 0.717) is 0 Å². The molecule has 0 aromatic rings. The van der Waals surface area contributed by atoms with Crippen molar-refractivity contribution >= 4 is 0 Å². The van der Waals surface area contributed by atoms with Crippen LogP contribution in [0.5, 0.6) is 0 Å². The summed E-state index contributed by atoms with van der Waals surface area (Å²) in [5.41, 5.74) is 10.3. The summed E-state index contributed by atoms with van der Waals surface area (Å²) < 4.78 is 219. The molecule has 576 valence electrons. The van der Waals surface area contributed by atoms with Gasteiger partial charge in [-0.1, -0.05) is 5.11 Å². The first kappa shape index (κ1) is 82.6. The minimum absolute atomic E-state index is 0.0494. The Morgan fingerprint density at radius 3 is 0.515 bits per heavy atom. The number of hydrogen-bond acceptors (Lipinski definition) is 35. The van der Waals surface area contributed by atoms with Crippen LogP contribution in [0, 0.1) is 0 Å². The van der Waals surface area contributed by atoms with Crippen molar-refractivity contribution in [3.05, 3.63) is 10.4 Å². The van der Waals surface area contributed by atoms with Gasteiger partial charge in [0.05, 0.1) is 52.4 Å². The van der Waals surface area contributed by atoms with E-state index in [0.717, 1.165) is 0 Å². The molecule has 21 aliphatic heterocycles. The second-order valence-electron chi connectivity index (χ2n) is 24.5. The average molecular weight is 1440 g/mol. The minimum Gasteiger partial charge on any atom is -0.382 e. The number of hydrogen-bond donors (Lipinski definition) is 0. The van der Waals surface area contributed by atoms with E-state index in [1.807, 2.05) is 0 Å². The fourth-order valence-corrected chi connectivity index (χ4v) is 14.8. The maximum absolute atomic E-state index is 10.3. The third-order valence-electron chi connectivity index (χ3n) is 19.2. The lowest BCUT2D eigenvalue weighted by Gasteiger charge is -2.52. The van der Waals surface area contributed by atoms with Crippen molar-refractivity contribution in [2.75, 3.05) is 188 Å². The average Bonchev–Trinajstić information content (AvgIpc) is 0.775. The van der Waals surface area contributed by atoms with Gasteiger partial charge in [0.2, 0.25) is 0 Å². The van der Waals surface area contributed by atoms with Crippen LogP contribution in [-0.4, -0.2) is 403 Å². The van der Waals surface area contributed by atoms with Gasteiger partial charge >= 0.3 is 0 Å². The first-order valence-electron chi connectivity index (χ1n) is 32.7. The molecular formula is C62H109N3O34. The van der Waals surface area contributed by atoms with Crippen LogP contribution in [0.4, 0.5) is 0 Å². The van der Waals surface area contributed by atoms with E-state index in [1.165, 1.54) is 142 Å². The summed E-state index contributed by atoms with van der Waals surface area (Å²) in [5.74, 6) is 0. The Kier molecular flexibility index (Phi) is 33.9. The molecule has 0 saturated carbocycles. The summed E-state index contributed by atoms with van der Waals surface area (Å²) in [6.45, 7) is -0.516. The fourth-order valence-electron chi connectivity index (χ4n) is 14.8. The van der Waals surface area contributed by atoms with Crippen LogP contribution in [0.3, 0.4) is 0 Å². The Labute approximate surface area is 578 Å². The second-order valence-corrected chi connectivity index (χ2v) is 24.5. The molecule has 37 heteroatoms. The molecule has 35 atom stereocenters. The zero-order chi connectivity index (χ0) is 71.6. The smallest absolute Gasteiger partial charge is 0.187 e. The van der Waals surface area contributed by atoms with Gasteiger partial charge in [-0.15, -0.1) is 0 Å². The Bertz CT molecular complexity index is 2330. The summed E-state index contributed by atoms with van der Waals surface area (Å²) >= 11 is 0. The Morgan fingerprint density at radius 1 is 0.212 bits per heavy atom. The van der Waals surface area contributed by atoms with Crippen LogP contribution in [-0.2, 0) is 161 Å². The highest BCUT2D eigenvalue weighted by molar-refractivity contribution is 5.05. The molecule has 0 spiro atoms. The van der Waals surface area contributed by atoms with Crippen molar-refractivity contribution in [2.45, 2.75) is 215 Å². The molecule has 0 N–H and O–H groups in total. The lowest BCUT2D eigenvalue weighted by atomic mass is 9.94. The van der Waals surface area contributed by atoms with Crippen LogP contribution in [0.2, 0.25) is 0 Å². The number of rotatable bonds is 28. The van der Waals surface area contributed by atoms with Crippen molar-refractivity contribution in [3.8, 4) is 0 Å². The molecule has 0 unspecified atom stereocenters. The predicted molar refractivity (Wildman–Crippen MR) is 331 cm³/mol. The first-order valence-corrected chi connectivity index (χ1v) is 32.7. The highest BCUT2D eigenvalue weighted by atomic mass is 16.8. The van der Waals surface area contributed by atoms with E-state index in [-0.39, 0.29) is 46.2 Å². The first-order chi connectivity index (χ1) is 48.2. The molecule has 99 heavy (non-hydrogen) atoms. The van der Waals surface area contributed by atoms with Gasteiger partial charge in [0, 0.05) is 147 Å². The Hall–Kier alpha value is -2.05. The molecule has 0 aliphatic carbocycles. The quantitative estimate of drug-likeness (QED) is 0.0524. The molecule has 21 saturated heterocycles. The molecule has 21 fully saturated rings. The molecule has 37 nitrogen and oxygen atoms in total. The molecule has 21 rings (SSSR count). The highest BCUT2D eigenvalue weighted by Crippen LogP contribution is 2.43. The van der Waals surface area contributed by atoms with Gasteiger partial charge in [-0.2, -0.15) is 0 Å². The zero-order valence-electron chi connectivity index (χ0n) is 60.4. The van der Waals surface area contributed by atoms with Crippen molar-refractivity contribution in [3.63, 3.8) is 0 Å². The third-order valence-corrected chi connectivity index (χ3v) is 19.2. The van der Waals surface area contributed by atoms with Gasteiger partial charge in [0.1, 0.15) is 165 Å². The molecular weight excluding hydrogens is 1330 g/mol. The van der Waals surface area contributed by atoms with Crippen molar-refractivity contribution in [2.24, 2.45) is 5.11 Å². The van der Waals surface area contributed by atoms with Crippen LogP contribution in [0.15, 0.2) is 5.11 Å². The minimum atomic E-state index is -1.41. The second kappa shape index (κ2) is 40.6. The van der Waals surface area contributed by atoms with Crippen molar-refractivity contribution in [1.82, 2.24) is 0 Å². The number of methoxy groups -OCH3 is 20. The van der Waals surface area contributed by atoms with E-state index >= 15 is 0 Å². The lowest BCUT2D eigenvalue weighted by Crippen LogP contribution is -2.69. The molecule has 0 radical (unpaired) electrons. The number of nitrogens with zero attached hydrogens (tertiary/aromatic N) is 3. The lowest BCUT2D eigenvalue weighted by molar-refractivity contribution is -0.402. The van der Waals surface area contributed by atoms with Crippen molar-refractivity contribution in [1.29, 1.82) is 0 Å². The van der Waals surface area contributed by atoms with Crippen LogP contribution < -0.4 is 0 Å². The molecule has 14 bridgehead atoms. The summed E-state index contributed by atoms with van der Waals surface area (Å²) in [4.78, 5) is 3.24. The molecule has 0 aromatic carbocycles.